The molecule has 18 heavy (non-hydrogen) atoms. The Balaban J connectivity index is 2.48. The Bertz CT molecular complexity index is 377. The van der Waals surface area contributed by atoms with Gasteiger partial charge in [-0.05, 0) is 30.5 Å². The summed E-state index contributed by atoms with van der Waals surface area (Å²) in [7, 11) is 0. The molecule has 0 amide bonds. The Morgan fingerprint density at radius 1 is 1.44 bits per heavy atom. The van der Waals surface area contributed by atoms with Gasteiger partial charge in [0.25, 0.3) is 0 Å². The van der Waals surface area contributed by atoms with Gasteiger partial charge in [0.2, 0.25) is 0 Å². The highest BCUT2D eigenvalue weighted by Gasteiger charge is 2.05. The van der Waals surface area contributed by atoms with Crippen LogP contribution in [0.2, 0.25) is 0 Å². The van der Waals surface area contributed by atoms with Gasteiger partial charge in [-0.1, -0.05) is 26.0 Å². The van der Waals surface area contributed by atoms with Crippen LogP contribution in [0.4, 0.5) is 4.39 Å². The fraction of sp³-hybridized carbons (Fsp3) is 0.467. The van der Waals surface area contributed by atoms with Crippen molar-refractivity contribution >= 4 is 0 Å². The molecule has 0 aliphatic heterocycles. The molecule has 0 atom stereocenters. The lowest BCUT2D eigenvalue weighted by atomic mass is 10.2. The maximum Gasteiger partial charge on any atom is 0.165 e. The van der Waals surface area contributed by atoms with Crippen LogP contribution in [0.1, 0.15) is 32.3 Å². The number of unbranched alkanes of at least 4 members (excludes halogenated alkanes) is 1. The monoisotopic (exact) mass is 251 g/mol. The molecule has 0 spiro atoms. The number of nitrogens with one attached hydrogen (secondary N) is 1. The van der Waals surface area contributed by atoms with E-state index in [-0.39, 0.29) is 5.82 Å². The van der Waals surface area contributed by atoms with Crippen LogP contribution < -0.4 is 10.1 Å². The third-order valence-corrected chi connectivity index (χ3v) is 2.52. The lowest BCUT2D eigenvalue weighted by molar-refractivity contribution is 0.296. The highest BCUT2D eigenvalue weighted by atomic mass is 19.1. The van der Waals surface area contributed by atoms with E-state index in [1.54, 1.807) is 6.07 Å². The second-order valence-corrected chi connectivity index (χ2v) is 4.58. The molecule has 100 valence electrons. The minimum Gasteiger partial charge on any atom is -0.491 e. The minimum absolute atomic E-state index is 0.295. The first-order valence-corrected chi connectivity index (χ1v) is 6.39. The number of halogens is 1. The van der Waals surface area contributed by atoms with Crippen LogP contribution >= 0.6 is 0 Å². The van der Waals surface area contributed by atoms with Gasteiger partial charge in [0.15, 0.2) is 11.6 Å². The summed E-state index contributed by atoms with van der Waals surface area (Å²) in [6, 6.07) is 5.50. The van der Waals surface area contributed by atoms with Gasteiger partial charge >= 0.3 is 0 Å². The molecular weight excluding hydrogens is 229 g/mol. The predicted octanol–water partition coefficient (Wildman–Crippen LogP) is 3.67. The van der Waals surface area contributed by atoms with Crippen molar-refractivity contribution in [2.24, 2.45) is 0 Å². The Morgan fingerprint density at radius 2 is 2.22 bits per heavy atom. The zero-order chi connectivity index (χ0) is 13.4. The Morgan fingerprint density at radius 3 is 2.83 bits per heavy atom. The number of benzene rings is 1. The van der Waals surface area contributed by atoms with E-state index >= 15 is 0 Å². The van der Waals surface area contributed by atoms with Crippen molar-refractivity contribution in [1.29, 1.82) is 0 Å². The summed E-state index contributed by atoms with van der Waals surface area (Å²) in [6.07, 6.45) is 3.58. The predicted molar refractivity (Wildman–Crippen MR) is 73.3 cm³/mol. The molecule has 3 heteroatoms. The third kappa shape index (κ3) is 5.32. The second-order valence-electron chi connectivity index (χ2n) is 4.58. The largest absolute Gasteiger partial charge is 0.491 e. The van der Waals surface area contributed by atoms with E-state index in [0.717, 1.165) is 18.4 Å². The van der Waals surface area contributed by atoms with E-state index in [4.69, 9.17) is 4.74 Å². The summed E-state index contributed by atoms with van der Waals surface area (Å²) >= 11 is 0. The number of rotatable bonds is 8. The zero-order valence-electron chi connectivity index (χ0n) is 11.2. The first-order valence-electron chi connectivity index (χ1n) is 6.39. The molecule has 1 aromatic rings. The first-order chi connectivity index (χ1) is 8.63. The SMILES string of the molecule is C=CCCCOc1ccc(CNC(C)C)cc1F. The Hall–Kier alpha value is -1.35. The van der Waals surface area contributed by atoms with Crippen molar-refractivity contribution < 1.29 is 9.13 Å². The van der Waals surface area contributed by atoms with E-state index in [1.807, 2.05) is 12.1 Å². The van der Waals surface area contributed by atoms with Gasteiger partial charge in [-0.3, -0.25) is 0 Å². The quantitative estimate of drug-likeness (QED) is 0.562. The molecule has 0 saturated carbocycles. The number of hydrogen-bond acceptors (Lipinski definition) is 2. The topological polar surface area (TPSA) is 21.3 Å². The molecule has 0 saturated heterocycles. The van der Waals surface area contributed by atoms with Crippen LogP contribution in [0.25, 0.3) is 0 Å². The Kier molecular flexibility index (Phi) is 6.44. The molecule has 0 fully saturated rings. The second kappa shape index (κ2) is 7.88. The molecular formula is C15H22FNO. The van der Waals surface area contributed by atoms with Crippen LogP contribution in [0, 0.1) is 5.82 Å². The smallest absolute Gasteiger partial charge is 0.165 e. The van der Waals surface area contributed by atoms with Gasteiger partial charge in [0, 0.05) is 12.6 Å². The summed E-state index contributed by atoms with van der Waals surface area (Å²) in [4.78, 5) is 0. The van der Waals surface area contributed by atoms with Crippen LogP contribution in [0.15, 0.2) is 30.9 Å². The van der Waals surface area contributed by atoms with Gasteiger partial charge in [-0.2, -0.15) is 0 Å². The standard InChI is InChI=1S/C15H22FNO/c1-4-5-6-9-18-15-8-7-13(10-14(15)16)11-17-12(2)3/h4,7-8,10,12,17H,1,5-6,9,11H2,2-3H3. The van der Waals surface area contributed by atoms with Crippen molar-refractivity contribution in [1.82, 2.24) is 5.32 Å². The van der Waals surface area contributed by atoms with Crippen molar-refractivity contribution in [3.05, 3.63) is 42.2 Å². The fourth-order valence-electron chi connectivity index (χ4n) is 1.50. The van der Waals surface area contributed by atoms with Crippen molar-refractivity contribution in [3.8, 4) is 5.75 Å². The molecule has 1 N–H and O–H groups in total. The highest BCUT2D eigenvalue weighted by molar-refractivity contribution is 5.29. The molecule has 0 aliphatic rings. The van der Waals surface area contributed by atoms with Crippen LogP contribution in [0.3, 0.4) is 0 Å². The maximum absolute atomic E-state index is 13.7. The summed E-state index contributed by atoms with van der Waals surface area (Å²) in [5.74, 6) is 0.0315. The molecule has 0 heterocycles. The summed E-state index contributed by atoms with van der Waals surface area (Å²) in [5, 5.41) is 3.25. The first kappa shape index (κ1) is 14.7. The normalized spacial score (nSPS) is 10.7. The fourth-order valence-corrected chi connectivity index (χ4v) is 1.50. The maximum atomic E-state index is 13.7. The van der Waals surface area contributed by atoms with Crippen LogP contribution in [-0.2, 0) is 6.54 Å². The lowest BCUT2D eigenvalue weighted by Gasteiger charge is -2.10. The molecule has 1 rings (SSSR count). The van der Waals surface area contributed by atoms with E-state index in [9.17, 15) is 4.39 Å². The van der Waals surface area contributed by atoms with E-state index in [2.05, 4.69) is 25.7 Å². The van der Waals surface area contributed by atoms with Gasteiger partial charge in [-0.25, -0.2) is 4.39 Å². The average Bonchev–Trinajstić information content (AvgIpc) is 2.34. The number of allylic oxidation sites excluding steroid dienone is 1. The van der Waals surface area contributed by atoms with Gasteiger partial charge in [0.1, 0.15) is 0 Å². The van der Waals surface area contributed by atoms with E-state index in [0.29, 0.717) is 24.9 Å². The van der Waals surface area contributed by atoms with Crippen molar-refractivity contribution in [2.75, 3.05) is 6.61 Å². The molecule has 0 bridgehead atoms. The highest BCUT2D eigenvalue weighted by Crippen LogP contribution is 2.18. The number of hydrogen-bond donors (Lipinski definition) is 1. The summed E-state index contributed by atoms with van der Waals surface area (Å²) < 4.78 is 19.1. The molecule has 0 aliphatic carbocycles. The van der Waals surface area contributed by atoms with Crippen LogP contribution in [-0.4, -0.2) is 12.6 Å². The lowest BCUT2D eigenvalue weighted by Crippen LogP contribution is -2.21. The van der Waals surface area contributed by atoms with Gasteiger partial charge in [-0.15, -0.1) is 6.58 Å². The van der Waals surface area contributed by atoms with Crippen molar-refractivity contribution in [2.45, 2.75) is 39.3 Å². The Labute approximate surface area is 109 Å². The molecule has 1 aromatic carbocycles. The molecule has 0 unspecified atom stereocenters. The zero-order valence-corrected chi connectivity index (χ0v) is 11.2. The van der Waals surface area contributed by atoms with Gasteiger partial charge < -0.3 is 10.1 Å². The van der Waals surface area contributed by atoms with Crippen molar-refractivity contribution in [3.63, 3.8) is 0 Å². The van der Waals surface area contributed by atoms with E-state index in [1.165, 1.54) is 6.07 Å². The van der Waals surface area contributed by atoms with Gasteiger partial charge in [0.05, 0.1) is 6.61 Å². The molecule has 0 radical (unpaired) electrons. The summed E-state index contributed by atoms with van der Waals surface area (Å²) in [6.45, 7) is 8.95. The summed E-state index contributed by atoms with van der Waals surface area (Å²) in [5.41, 5.74) is 0.930. The minimum atomic E-state index is -0.295. The number of ether oxygens (including phenoxy) is 1. The molecule has 0 aromatic heterocycles. The van der Waals surface area contributed by atoms with E-state index < -0.39 is 0 Å². The average molecular weight is 251 g/mol. The third-order valence-electron chi connectivity index (χ3n) is 2.52. The molecule has 2 nitrogen and oxygen atoms in total. The van der Waals surface area contributed by atoms with Crippen LogP contribution in [0.5, 0.6) is 5.75 Å².